The molecule has 2 aromatic heterocycles. The van der Waals surface area contributed by atoms with Crippen LogP contribution >= 0.6 is 0 Å². The summed E-state index contributed by atoms with van der Waals surface area (Å²) in [5.41, 5.74) is 2.38. The van der Waals surface area contributed by atoms with E-state index in [-0.39, 0.29) is 11.6 Å². The number of aromatic nitrogens is 2. The smallest absolute Gasteiger partial charge is 0.337 e. The predicted molar refractivity (Wildman–Crippen MR) is 105 cm³/mol. The second-order valence-electron chi connectivity index (χ2n) is 6.23. The molecule has 0 fully saturated rings. The quantitative estimate of drug-likeness (QED) is 0.710. The van der Waals surface area contributed by atoms with Gasteiger partial charge in [-0.25, -0.2) is 14.6 Å². The molecule has 3 aromatic rings. The van der Waals surface area contributed by atoms with Gasteiger partial charge in [-0.2, -0.15) is 0 Å². The molecule has 0 saturated heterocycles. The number of aryl methyl sites for hydroxylation is 1. The highest BCUT2D eigenvalue weighted by atomic mass is 16.4. The first-order chi connectivity index (χ1) is 12.9. The van der Waals surface area contributed by atoms with E-state index in [1.165, 1.54) is 10.8 Å². The van der Waals surface area contributed by atoms with Crippen LogP contribution in [0.25, 0.3) is 11.0 Å². The molecule has 0 radical (unpaired) electrons. The first-order valence-electron chi connectivity index (χ1n) is 8.83. The van der Waals surface area contributed by atoms with Gasteiger partial charge in [-0.05, 0) is 45.0 Å². The highest BCUT2D eigenvalue weighted by Gasteiger charge is 2.21. The Morgan fingerprint density at radius 1 is 1.11 bits per heavy atom. The molecule has 1 aromatic carbocycles. The molecule has 0 unspecified atom stereocenters. The van der Waals surface area contributed by atoms with E-state index in [9.17, 15) is 14.7 Å². The number of hydrogen-bond donors (Lipinski definition) is 2. The van der Waals surface area contributed by atoms with E-state index in [1.54, 1.807) is 17.0 Å². The monoisotopic (exact) mass is 366 g/mol. The van der Waals surface area contributed by atoms with Crippen LogP contribution in [0.3, 0.4) is 0 Å². The third-order valence-corrected chi connectivity index (χ3v) is 4.45. The van der Waals surface area contributed by atoms with Crippen molar-refractivity contribution in [2.75, 3.05) is 18.4 Å². The van der Waals surface area contributed by atoms with Crippen LogP contribution in [0.15, 0.2) is 42.6 Å². The van der Waals surface area contributed by atoms with Crippen LogP contribution in [-0.2, 0) is 0 Å². The lowest BCUT2D eigenvalue weighted by molar-refractivity contribution is 0.0699. The van der Waals surface area contributed by atoms with Crippen molar-refractivity contribution >= 4 is 34.5 Å². The van der Waals surface area contributed by atoms with Crippen molar-refractivity contribution < 1.29 is 14.7 Å². The Balaban J connectivity index is 2.07. The summed E-state index contributed by atoms with van der Waals surface area (Å²) in [4.78, 5) is 30.5. The molecular formula is C20H22N4O3. The maximum absolute atomic E-state index is 12.8. The SMILES string of the molecule is CCN(CC)C(=O)n1cc(C(=O)O)c2ccc(Nc3ccc(C)cc3)nc21. The van der Waals surface area contributed by atoms with E-state index in [0.29, 0.717) is 29.9 Å². The lowest BCUT2D eigenvalue weighted by Crippen LogP contribution is -2.34. The summed E-state index contributed by atoms with van der Waals surface area (Å²) in [7, 11) is 0. The second-order valence-corrected chi connectivity index (χ2v) is 6.23. The number of carbonyl (C=O) groups is 2. The number of aromatic carboxylic acids is 1. The van der Waals surface area contributed by atoms with Crippen molar-refractivity contribution in [3.05, 3.63) is 53.7 Å². The van der Waals surface area contributed by atoms with Crippen molar-refractivity contribution in [2.45, 2.75) is 20.8 Å². The summed E-state index contributed by atoms with van der Waals surface area (Å²) in [5.74, 6) is -0.554. The van der Waals surface area contributed by atoms with Gasteiger partial charge in [0.15, 0.2) is 5.65 Å². The number of rotatable bonds is 5. The molecule has 0 spiro atoms. The van der Waals surface area contributed by atoms with E-state index < -0.39 is 5.97 Å². The molecule has 0 aliphatic rings. The molecular weight excluding hydrogens is 344 g/mol. The molecule has 2 N–H and O–H groups in total. The van der Waals surface area contributed by atoms with Crippen LogP contribution in [0.2, 0.25) is 0 Å². The number of hydrogen-bond acceptors (Lipinski definition) is 4. The summed E-state index contributed by atoms with van der Waals surface area (Å²) in [6.07, 6.45) is 1.34. The number of anilines is 2. The number of nitrogens with zero attached hydrogens (tertiary/aromatic N) is 3. The van der Waals surface area contributed by atoms with Crippen molar-refractivity contribution in [1.29, 1.82) is 0 Å². The lowest BCUT2D eigenvalue weighted by Gasteiger charge is -2.19. The number of fused-ring (bicyclic) bond motifs is 1. The van der Waals surface area contributed by atoms with Crippen molar-refractivity contribution in [1.82, 2.24) is 14.5 Å². The number of benzene rings is 1. The average molecular weight is 366 g/mol. The molecule has 0 bridgehead atoms. The van der Waals surface area contributed by atoms with Crippen molar-refractivity contribution in [3.8, 4) is 0 Å². The van der Waals surface area contributed by atoms with Crippen molar-refractivity contribution in [3.63, 3.8) is 0 Å². The van der Waals surface area contributed by atoms with Gasteiger partial charge in [0.05, 0.1) is 5.56 Å². The number of nitrogens with one attached hydrogen (secondary N) is 1. The molecule has 7 nitrogen and oxygen atoms in total. The highest BCUT2D eigenvalue weighted by molar-refractivity contribution is 6.05. The molecule has 1 amide bonds. The molecule has 140 valence electrons. The van der Waals surface area contributed by atoms with Gasteiger partial charge in [-0.3, -0.25) is 4.57 Å². The van der Waals surface area contributed by atoms with E-state index in [1.807, 2.05) is 45.0 Å². The fourth-order valence-corrected chi connectivity index (χ4v) is 2.92. The van der Waals surface area contributed by atoms with Gasteiger partial charge in [0, 0.05) is 30.4 Å². The summed E-state index contributed by atoms with van der Waals surface area (Å²) in [5, 5.41) is 13.1. The minimum Gasteiger partial charge on any atom is -0.478 e. The van der Waals surface area contributed by atoms with Gasteiger partial charge in [-0.15, -0.1) is 0 Å². The molecule has 0 aliphatic heterocycles. The first kappa shape index (κ1) is 18.4. The van der Waals surface area contributed by atoms with E-state index in [4.69, 9.17) is 0 Å². The highest BCUT2D eigenvalue weighted by Crippen LogP contribution is 2.24. The normalized spacial score (nSPS) is 10.8. The van der Waals surface area contributed by atoms with Crippen LogP contribution in [0.1, 0.15) is 29.8 Å². The largest absolute Gasteiger partial charge is 0.478 e. The Morgan fingerprint density at radius 3 is 2.37 bits per heavy atom. The third-order valence-electron chi connectivity index (χ3n) is 4.45. The van der Waals surface area contributed by atoms with Gasteiger partial charge in [-0.1, -0.05) is 17.7 Å². The number of carboxylic acids is 1. The Morgan fingerprint density at radius 2 is 1.78 bits per heavy atom. The van der Waals surface area contributed by atoms with Gasteiger partial charge < -0.3 is 15.3 Å². The second kappa shape index (κ2) is 7.49. The standard InChI is InChI=1S/C20H22N4O3/c1-4-23(5-2)20(27)24-12-16(19(25)26)15-10-11-17(22-18(15)24)21-14-8-6-13(3)7-9-14/h6-12H,4-5H2,1-3H3,(H,21,22)(H,25,26). The van der Waals surface area contributed by atoms with Gasteiger partial charge in [0.2, 0.25) is 0 Å². The van der Waals surface area contributed by atoms with Crippen molar-refractivity contribution in [2.24, 2.45) is 0 Å². The maximum Gasteiger partial charge on any atom is 0.337 e. The first-order valence-corrected chi connectivity index (χ1v) is 8.83. The molecule has 0 saturated carbocycles. The van der Waals surface area contributed by atoms with Crippen LogP contribution < -0.4 is 5.32 Å². The molecule has 2 heterocycles. The number of pyridine rings is 1. The topological polar surface area (TPSA) is 87.5 Å². The number of carboxylic acid groups (broad SMARTS) is 1. The Labute approximate surface area is 157 Å². The minimum atomic E-state index is -1.09. The van der Waals surface area contributed by atoms with Crippen LogP contribution in [0, 0.1) is 6.92 Å². The summed E-state index contributed by atoms with van der Waals surface area (Å²) in [6, 6.07) is 10.9. The van der Waals surface area contributed by atoms with E-state index >= 15 is 0 Å². The van der Waals surface area contributed by atoms with Crippen LogP contribution in [0.4, 0.5) is 16.3 Å². The average Bonchev–Trinajstić information content (AvgIpc) is 3.03. The van der Waals surface area contributed by atoms with E-state index in [0.717, 1.165) is 11.3 Å². The maximum atomic E-state index is 12.8. The fraction of sp³-hybridized carbons (Fsp3) is 0.250. The zero-order valence-corrected chi connectivity index (χ0v) is 15.6. The minimum absolute atomic E-state index is 0.0555. The summed E-state index contributed by atoms with van der Waals surface area (Å²) < 4.78 is 1.31. The predicted octanol–water partition coefficient (Wildman–Crippen LogP) is 4.10. The summed E-state index contributed by atoms with van der Waals surface area (Å²) in [6.45, 7) is 6.82. The molecule has 0 aliphatic carbocycles. The number of amides is 1. The van der Waals surface area contributed by atoms with Gasteiger partial charge >= 0.3 is 12.0 Å². The number of carbonyl (C=O) groups excluding carboxylic acids is 1. The summed E-state index contributed by atoms with van der Waals surface area (Å²) >= 11 is 0. The Kier molecular flexibility index (Phi) is 5.12. The fourth-order valence-electron chi connectivity index (χ4n) is 2.92. The lowest BCUT2D eigenvalue weighted by atomic mass is 10.2. The molecule has 3 rings (SSSR count). The molecule has 27 heavy (non-hydrogen) atoms. The third kappa shape index (κ3) is 3.62. The van der Waals surface area contributed by atoms with Gasteiger partial charge in [0.25, 0.3) is 0 Å². The molecule has 0 atom stereocenters. The van der Waals surface area contributed by atoms with Crippen LogP contribution in [-0.4, -0.2) is 44.6 Å². The Bertz CT molecular complexity index is 988. The van der Waals surface area contributed by atoms with Crippen LogP contribution in [0.5, 0.6) is 0 Å². The molecule has 7 heteroatoms. The Hall–Kier alpha value is -3.35. The zero-order chi connectivity index (χ0) is 19.6. The van der Waals surface area contributed by atoms with Gasteiger partial charge in [0.1, 0.15) is 5.82 Å². The zero-order valence-electron chi connectivity index (χ0n) is 15.6. The van der Waals surface area contributed by atoms with E-state index in [2.05, 4.69) is 10.3 Å².